The average Bonchev–Trinajstić information content (AvgIpc) is 1.46. The SMILES string of the molecule is C#CCOc1ccc(Sc2ccc(C(=O)NCC3CCCN3CC)cc2[N+](=O)[O-])cc1.CCN1CCCC1CNC(=O)c1ccc(Sc2ccc(C)cc2)c([N+](=O)[O-])c1.CCN1CCCC1CNC(=O)c1ccc(Sc2ccc(C)cc2)c([N+](=O)[O-])c1.CCOC(=O)c1cc(C)ccc1Sc1ccc(C(=O)NCC2CCCN2CC)cc1[N+](=O)[O-].Cl. The normalized spacial score (nSPS) is 16.2. The third-order valence-corrected chi connectivity index (χ3v) is 25.4. The molecule has 4 aliphatic heterocycles. The fraction of sp³-hybridized carbons (Fsp3) is 0.382. The predicted octanol–water partition coefficient (Wildman–Crippen LogP) is 17.4. The van der Waals surface area contributed by atoms with Gasteiger partial charge in [-0.1, -0.05) is 128 Å². The van der Waals surface area contributed by atoms with E-state index in [1.165, 1.54) is 59.6 Å². The van der Waals surface area contributed by atoms with E-state index in [4.69, 9.17) is 15.9 Å². The van der Waals surface area contributed by atoms with Crippen LogP contribution < -0.4 is 26.0 Å². The minimum absolute atomic E-state index is 0. The first-order valence-electron chi connectivity index (χ1n) is 40.3. The van der Waals surface area contributed by atoms with Crippen LogP contribution in [0.5, 0.6) is 5.75 Å². The van der Waals surface area contributed by atoms with E-state index >= 15 is 0 Å². The number of halogens is 1. The second-order valence-corrected chi connectivity index (χ2v) is 33.4. The van der Waals surface area contributed by atoms with Gasteiger partial charge in [-0.3, -0.25) is 79.2 Å². The molecule has 0 bridgehead atoms. The number of aryl methyl sites for hydroxylation is 3. The molecule has 121 heavy (non-hydrogen) atoms. The van der Waals surface area contributed by atoms with Gasteiger partial charge in [-0.15, -0.1) is 18.8 Å². The van der Waals surface area contributed by atoms with E-state index in [0.29, 0.717) is 97.3 Å². The summed E-state index contributed by atoms with van der Waals surface area (Å²) in [6.45, 7) is 26.7. The molecule has 4 heterocycles. The van der Waals surface area contributed by atoms with Crippen LogP contribution >= 0.6 is 59.5 Å². The first-order chi connectivity index (χ1) is 57.8. The fourth-order valence-corrected chi connectivity index (χ4v) is 18.2. The van der Waals surface area contributed by atoms with Crippen LogP contribution in [-0.2, 0) is 4.74 Å². The predicted molar refractivity (Wildman–Crippen MR) is 477 cm³/mol. The van der Waals surface area contributed by atoms with E-state index in [1.54, 1.807) is 79.7 Å². The lowest BCUT2D eigenvalue weighted by atomic mass is 10.1. The highest BCUT2D eigenvalue weighted by atomic mass is 35.5. The fourth-order valence-electron chi connectivity index (χ4n) is 14.5. The third kappa shape index (κ3) is 28.3. The van der Waals surface area contributed by atoms with E-state index in [1.807, 2.05) is 87.5 Å². The second kappa shape index (κ2) is 48.3. The highest BCUT2D eigenvalue weighted by molar-refractivity contribution is 8.00. The maximum Gasteiger partial charge on any atom is 0.339 e. The van der Waals surface area contributed by atoms with Crippen LogP contribution in [0.3, 0.4) is 0 Å². The van der Waals surface area contributed by atoms with Crippen molar-refractivity contribution in [1.29, 1.82) is 0 Å². The maximum atomic E-state index is 12.7. The molecular weight excluding hydrogens is 1640 g/mol. The van der Waals surface area contributed by atoms with Crippen molar-refractivity contribution >= 4 is 112 Å². The molecule has 8 aromatic carbocycles. The van der Waals surface area contributed by atoms with Gasteiger partial charge in [0.05, 0.1) is 51.4 Å². The van der Waals surface area contributed by atoms with Crippen LogP contribution in [0, 0.1) is 73.6 Å². The summed E-state index contributed by atoms with van der Waals surface area (Å²) in [5, 5.41) is 58.2. The number of nitrogens with one attached hydrogen (secondary N) is 4. The first kappa shape index (κ1) is 96.1. The van der Waals surface area contributed by atoms with Crippen molar-refractivity contribution in [3.8, 4) is 18.1 Å². The third-order valence-electron chi connectivity index (χ3n) is 21.0. The molecule has 4 fully saturated rings. The van der Waals surface area contributed by atoms with E-state index in [-0.39, 0.29) is 83.1 Å². The molecule has 0 spiro atoms. The summed E-state index contributed by atoms with van der Waals surface area (Å²) in [4.78, 5) is 122. The Hall–Kier alpha value is -10.4. The first-order valence-corrected chi connectivity index (χ1v) is 43.6. The molecular formula is C89H105ClN12O15S4. The molecule has 4 atom stereocenters. The number of carbonyl (C=O) groups is 5. The number of ether oxygens (including phenoxy) is 2. The van der Waals surface area contributed by atoms with Crippen LogP contribution in [-0.4, -0.2) is 185 Å². The van der Waals surface area contributed by atoms with Gasteiger partial charge < -0.3 is 30.7 Å². The van der Waals surface area contributed by atoms with Gasteiger partial charge in [0.15, 0.2) is 0 Å². The van der Waals surface area contributed by atoms with Crippen molar-refractivity contribution < 1.29 is 53.1 Å². The molecule has 0 aliphatic carbocycles. The monoisotopic (exact) mass is 1740 g/mol. The summed E-state index contributed by atoms with van der Waals surface area (Å²) in [6.07, 6.45) is 13.9. The minimum Gasteiger partial charge on any atom is -0.481 e. The van der Waals surface area contributed by atoms with Crippen molar-refractivity contribution in [2.24, 2.45) is 0 Å². The molecule has 12 rings (SSSR count). The van der Waals surface area contributed by atoms with Gasteiger partial charge in [0.1, 0.15) is 12.4 Å². The van der Waals surface area contributed by atoms with Gasteiger partial charge >= 0.3 is 5.97 Å². The van der Waals surface area contributed by atoms with E-state index in [0.717, 1.165) is 147 Å². The number of terminal acetylenes is 1. The molecule has 32 heteroatoms. The number of hydrogen-bond donors (Lipinski definition) is 4. The van der Waals surface area contributed by atoms with Gasteiger partial charge in [-0.25, -0.2) is 4.79 Å². The van der Waals surface area contributed by atoms with Crippen molar-refractivity contribution in [1.82, 2.24) is 40.9 Å². The number of nitrogens with zero attached hydrogens (tertiary/aromatic N) is 8. The van der Waals surface area contributed by atoms with Crippen molar-refractivity contribution in [3.05, 3.63) is 249 Å². The molecule has 4 saturated heterocycles. The summed E-state index contributed by atoms with van der Waals surface area (Å²) in [6, 6.07) is 47.8. The lowest BCUT2D eigenvalue weighted by Crippen LogP contribution is -2.40. The van der Waals surface area contributed by atoms with Crippen LogP contribution in [0.2, 0.25) is 0 Å². The van der Waals surface area contributed by atoms with Crippen molar-refractivity contribution in [2.45, 2.75) is 170 Å². The Balaban J connectivity index is 0.000000200. The van der Waals surface area contributed by atoms with Crippen LogP contribution in [0.4, 0.5) is 22.7 Å². The molecule has 8 aromatic rings. The van der Waals surface area contributed by atoms with Gasteiger partial charge in [0.2, 0.25) is 0 Å². The zero-order valence-electron chi connectivity index (χ0n) is 69.3. The van der Waals surface area contributed by atoms with Crippen LogP contribution in [0.15, 0.2) is 203 Å². The molecule has 642 valence electrons. The number of nitro groups is 4. The molecule has 0 radical (unpaired) electrons. The van der Waals surface area contributed by atoms with Gasteiger partial charge in [0, 0.05) is 116 Å². The summed E-state index contributed by atoms with van der Waals surface area (Å²) in [7, 11) is 0. The lowest BCUT2D eigenvalue weighted by Gasteiger charge is -2.22. The molecule has 0 aromatic heterocycles. The standard InChI is InChI=1S/C24H29N3O5S.C23H25N3O4S.2C21H25N3O3S.ClH/c1-4-26-12-6-7-18(26)15-25-23(28)17-9-11-22(20(14-17)27(30)31)33-21-10-8-16(3)13-19(21)24(29)32-5-2;1-3-14-30-19-8-10-20(11-9-19)31-22-12-7-17(15-21(22)26(28)29)23(27)24-16-18-6-5-13-25(18)4-2;2*1-3-23-12-4-5-17(23)14-22-21(25)16-8-11-20(19(13-16)24(26)27)28-18-9-6-15(2)7-10-18;/h8-11,13-14,18H,4-7,12,15H2,1-3H3,(H,25,28);1,7-12,15,18H,4-6,13-14,16H2,2H3,(H,24,27);2*6-11,13,17H,3-5,12,14H2,1-2H3,(H,22,25);1H. The Morgan fingerprint density at radius 3 is 0.967 bits per heavy atom. The summed E-state index contributed by atoms with van der Waals surface area (Å²) >= 11 is 5.02. The number of amides is 4. The van der Waals surface area contributed by atoms with Gasteiger partial charge in [-0.2, -0.15) is 0 Å². The van der Waals surface area contributed by atoms with Gasteiger partial charge in [-0.05, 0) is 241 Å². The number of esters is 1. The van der Waals surface area contributed by atoms with E-state index < -0.39 is 25.7 Å². The molecule has 27 nitrogen and oxygen atoms in total. The topological polar surface area (TPSA) is 337 Å². The van der Waals surface area contributed by atoms with Crippen molar-refractivity contribution in [2.75, 3.05) is 91.8 Å². The van der Waals surface area contributed by atoms with Crippen molar-refractivity contribution in [3.63, 3.8) is 0 Å². The minimum atomic E-state index is -0.507. The number of likely N-dealkylation sites (N-methyl/N-ethyl adjacent to an activating group) is 4. The molecule has 4 N–H and O–H groups in total. The number of benzene rings is 8. The molecule has 4 amide bonds. The molecule has 4 aliphatic rings. The largest absolute Gasteiger partial charge is 0.481 e. The Labute approximate surface area is 729 Å². The average molecular weight is 1750 g/mol. The Morgan fingerprint density at radius 2 is 0.686 bits per heavy atom. The quantitative estimate of drug-likeness (QED) is 0.0132. The summed E-state index contributed by atoms with van der Waals surface area (Å²) in [5.41, 5.74) is 4.30. The maximum absolute atomic E-state index is 12.7. The summed E-state index contributed by atoms with van der Waals surface area (Å²) < 4.78 is 10.5. The number of hydrogen-bond acceptors (Lipinski definition) is 23. The summed E-state index contributed by atoms with van der Waals surface area (Å²) in [5.74, 6) is 1.39. The molecule has 0 saturated carbocycles. The van der Waals surface area contributed by atoms with Crippen LogP contribution in [0.1, 0.15) is 154 Å². The number of likely N-dealkylation sites (tertiary alicyclic amines) is 4. The highest BCUT2D eigenvalue weighted by Crippen LogP contribution is 2.41. The smallest absolute Gasteiger partial charge is 0.339 e. The molecule has 4 unspecified atom stereocenters. The van der Waals surface area contributed by atoms with E-state index in [9.17, 15) is 64.4 Å². The van der Waals surface area contributed by atoms with E-state index in [2.05, 4.69) is 74.5 Å². The second-order valence-electron chi connectivity index (χ2n) is 29.0. The Kier molecular flexibility index (Phi) is 38.3. The highest BCUT2D eigenvalue weighted by Gasteiger charge is 2.31. The lowest BCUT2D eigenvalue weighted by molar-refractivity contribution is -0.387. The number of carbonyl (C=O) groups excluding carboxylic acids is 5. The zero-order chi connectivity index (χ0) is 86.4. The number of rotatable bonds is 32. The Morgan fingerprint density at radius 1 is 0.405 bits per heavy atom. The number of nitro benzene ring substituents is 4. The van der Waals surface area contributed by atoms with Crippen LogP contribution in [0.25, 0.3) is 0 Å². The zero-order valence-corrected chi connectivity index (χ0v) is 73.4. The Bertz CT molecular complexity index is 4810. The van der Waals surface area contributed by atoms with Gasteiger partial charge in [0.25, 0.3) is 46.4 Å².